The van der Waals surface area contributed by atoms with Crippen molar-refractivity contribution in [1.29, 1.82) is 0 Å². The monoisotopic (exact) mass is 406 g/mol. The van der Waals surface area contributed by atoms with Crippen LogP contribution in [-0.4, -0.2) is 33.0 Å². The number of nitrogens with zero attached hydrogens (tertiary/aromatic N) is 1. The van der Waals surface area contributed by atoms with E-state index in [-0.39, 0.29) is 29.4 Å². The largest absolute Gasteiger partial charge is 0.326 e. The summed E-state index contributed by atoms with van der Waals surface area (Å²) in [7, 11) is -1.98. The molecule has 0 fully saturated rings. The molecule has 2 aromatic rings. The summed E-state index contributed by atoms with van der Waals surface area (Å²) in [4.78, 5) is 25.5. The number of hydrogen-bond acceptors (Lipinski definition) is 4. The Labute approximate surface area is 163 Å². The molecule has 0 aliphatic carbocycles. The number of fused-ring (bicyclic) bond motifs is 1. The molecule has 1 heterocycles. The van der Waals surface area contributed by atoms with Crippen LogP contribution in [0.4, 0.5) is 11.4 Å². The molecule has 0 aromatic heterocycles. The third kappa shape index (κ3) is 4.14. The molecule has 8 heteroatoms. The van der Waals surface area contributed by atoms with Gasteiger partial charge in [-0.15, -0.1) is 0 Å². The zero-order chi connectivity index (χ0) is 19.8. The molecule has 2 amide bonds. The predicted molar refractivity (Wildman–Crippen MR) is 105 cm³/mol. The summed E-state index contributed by atoms with van der Waals surface area (Å²) in [5.41, 5.74) is 2.81. The Morgan fingerprint density at radius 3 is 2.67 bits per heavy atom. The summed E-state index contributed by atoms with van der Waals surface area (Å²) in [6, 6.07) is 9.72. The number of amides is 2. The van der Waals surface area contributed by atoms with Crippen molar-refractivity contribution in [3.8, 4) is 0 Å². The molecule has 0 radical (unpaired) electrons. The Hall–Kier alpha value is -2.38. The summed E-state index contributed by atoms with van der Waals surface area (Å²) in [6.45, 7) is 1.85. The predicted octanol–water partition coefficient (Wildman–Crippen LogP) is 2.97. The molecule has 1 N–H and O–H groups in total. The summed E-state index contributed by atoms with van der Waals surface area (Å²) in [5.74, 6) is -0.800. The molecule has 1 aliphatic heterocycles. The molecular formula is C19H19ClN2O4S. The van der Waals surface area contributed by atoms with Crippen molar-refractivity contribution in [2.24, 2.45) is 0 Å². The zero-order valence-corrected chi connectivity index (χ0v) is 16.5. The van der Waals surface area contributed by atoms with E-state index in [0.29, 0.717) is 22.0 Å². The average Bonchev–Trinajstić information content (AvgIpc) is 2.90. The molecule has 6 nitrogen and oxygen atoms in total. The highest BCUT2D eigenvalue weighted by Crippen LogP contribution is 2.30. The van der Waals surface area contributed by atoms with Crippen molar-refractivity contribution in [2.75, 3.05) is 23.0 Å². The summed E-state index contributed by atoms with van der Waals surface area (Å²) >= 11 is 6.02. The van der Waals surface area contributed by atoms with E-state index in [0.717, 1.165) is 5.56 Å². The van der Waals surface area contributed by atoms with Gasteiger partial charge >= 0.3 is 0 Å². The van der Waals surface area contributed by atoms with Crippen molar-refractivity contribution in [2.45, 2.75) is 24.7 Å². The van der Waals surface area contributed by atoms with E-state index in [2.05, 4.69) is 5.32 Å². The Kier molecular flexibility index (Phi) is 5.26. The molecule has 142 valence electrons. The van der Waals surface area contributed by atoms with E-state index >= 15 is 0 Å². The van der Waals surface area contributed by atoms with E-state index in [1.165, 1.54) is 17.0 Å². The van der Waals surface area contributed by atoms with Crippen molar-refractivity contribution < 1.29 is 18.0 Å². The van der Waals surface area contributed by atoms with Crippen LogP contribution in [-0.2, 0) is 25.8 Å². The Balaban J connectivity index is 1.66. The molecule has 0 saturated carbocycles. The second-order valence-corrected chi connectivity index (χ2v) is 9.02. The standard InChI is InChI=1S/C19H19ClN2O4S/c1-12-3-4-14(11-16(12)20)21-18(23)7-8-27(25,26)15-5-6-17-13(9-15)10-19(24)22(17)2/h3-6,9,11H,7-8,10H2,1-2H3,(H,21,23). The molecule has 27 heavy (non-hydrogen) atoms. The number of carbonyl (C=O) groups excluding carboxylic acids is 2. The highest BCUT2D eigenvalue weighted by Gasteiger charge is 2.26. The number of halogens is 1. The number of aryl methyl sites for hydroxylation is 1. The highest BCUT2D eigenvalue weighted by atomic mass is 35.5. The molecule has 0 bridgehead atoms. The minimum atomic E-state index is -3.64. The maximum absolute atomic E-state index is 12.6. The first kappa shape index (κ1) is 19.4. The van der Waals surface area contributed by atoms with Crippen molar-refractivity contribution in [3.05, 3.63) is 52.5 Å². The van der Waals surface area contributed by atoms with E-state index in [1.807, 2.05) is 6.92 Å². The van der Waals surface area contributed by atoms with Crippen LogP contribution < -0.4 is 10.2 Å². The van der Waals surface area contributed by atoms with Crippen LogP contribution >= 0.6 is 11.6 Å². The third-order valence-electron chi connectivity index (χ3n) is 4.54. The smallest absolute Gasteiger partial charge is 0.231 e. The second kappa shape index (κ2) is 7.32. The van der Waals surface area contributed by atoms with E-state index < -0.39 is 15.7 Å². The second-order valence-electron chi connectivity index (χ2n) is 6.50. The maximum atomic E-state index is 12.6. The van der Waals surface area contributed by atoms with Crippen molar-refractivity contribution in [1.82, 2.24) is 0 Å². The number of likely N-dealkylation sites (N-methyl/N-ethyl adjacent to an activating group) is 1. The van der Waals surface area contributed by atoms with Gasteiger partial charge in [-0.1, -0.05) is 17.7 Å². The first-order valence-electron chi connectivity index (χ1n) is 8.35. The maximum Gasteiger partial charge on any atom is 0.231 e. The van der Waals surface area contributed by atoms with Gasteiger partial charge < -0.3 is 10.2 Å². The van der Waals surface area contributed by atoms with E-state index in [9.17, 15) is 18.0 Å². The van der Waals surface area contributed by atoms with Gasteiger partial charge in [-0.3, -0.25) is 9.59 Å². The van der Waals surface area contributed by atoms with Gasteiger partial charge in [0.1, 0.15) is 0 Å². The van der Waals surface area contributed by atoms with Crippen molar-refractivity contribution >= 4 is 44.6 Å². The summed E-state index contributed by atoms with van der Waals surface area (Å²) in [5, 5.41) is 3.17. The molecular weight excluding hydrogens is 388 g/mol. The van der Waals surface area contributed by atoms with Gasteiger partial charge in [0.25, 0.3) is 0 Å². The van der Waals surface area contributed by atoms with Gasteiger partial charge in [0, 0.05) is 29.9 Å². The van der Waals surface area contributed by atoms with Crippen molar-refractivity contribution in [3.63, 3.8) is 0 Å². The molecule has 0 unspecified atom stereocenters. The van der Waals surface area contributed by atoms with Gasteiger partial charge in [-0.2, -0.15) is 0 Å². The fraction of sp³-hybridized carbons (Fsp3) is 0.263. The number of rotatable bonds is 5. The number of hydrogen-bond donors (Lipinski definition) is 1. The fourth-order valence-electron chi connectivity index (χ4n) is 2.88. The number of nitrogens with one attached hydrogen (secondary N) is 1. The Morgan fingerprint density at radius 2 is 1.96 bits per heavy atom. The SMILES string of the molecule is Cc1ccc(NC(=O)CCS(=O)(=O)c2ccc3c(c2)CC(=O)N3C)cc1Cl. The zero-order valence-electron chi connectivity index (χ0n) is 15.0. The van der Waals surface area contributed by atoms with Crippen LogP contribution in [0.1, 0.15) is 17.5 Å². The molecule has 0 atom stereocenters. The molecule has 3 rings (SSSR count). The van der Waals surface area contributed by atoms with Gasteiger partial charge in [0.15, 0.2) is 9.84 Å². The molecule has 0 spiro atoms. The lowest BCUT2D eigenvalue weighted by Crippen LogP contribution is -2.20. The lowest BCUT2D eigenvalue weighted by molar-refractivity contribution is -0.117. The average molecular weight is 407 g/mol. The summed E-state index contributed by atoms with van der Waals surface area (Å²) < 4.78 is 25.1. The van der Waals surface area contributed by atoms with E-state index in [4.69, 9.17) is 11.6 Å². The molecule has 0 saturated heterocycles. The fourth-order valence-corrected chi connectivity index (χ4v) is 4.35. The number of carbonyl (C=O) groups is 2. The van der Waals surface area contributed by atoms with Crippen LogP contribution in [0.15, 0.2) is 41.3 Å². The van der Waals surface area contributed by atoms with Crippen LogP contribution in [0.5, 0.6) is 0 Å². The third-order valence-corrected chi connectivity index (χ3v) is 6.66. The lowest BCUT2D eigenvalue weighted by atomic mass is 10.2. The topological polar surface area (TPSA) is 83.5 Å². The first-order chi connectivity index (χ1) is 12.7. The first-order valence-corrected chi connectivity index (χ1v) is 10.4. The van der Waals surface area contributed by atoms with E-state index in [1.54, 1.807) is 31.3 Å². The quantitative estimate of drug-likeness (QED) is 0.827. The normalized spacial score (nSPS) is 13.6. The minimum Gasteiger partial charge on any atom is -0.326 e. The van der Waals surface area contributed by atoms with Gasteiger partial charge in [-0.05, 0) is 48.4 Å². The number of sulfone groups is 1. The van der Waals surface area contributed by atoms with Gasteiger partial charge in [0.05, 0.1) is 17.1 Å². The number of benzene rings is 2. The van der Waals surface area contributed by atoms with Crippen LogP contribution in [0.2, 0.25) is 5.02 Å². The number of anilines is 2. The van der Waals surface area contributed by atoms with Gasteiger partial charge in [0.2, 0.25) is 11.8 Å². The minimum absolute atomic E-state index is 0.0734. The molecule has 2 aromatic carbocycles. The van der Waals surface area contributed by atoms with Gasteiger partial charge in [-0.25, -0.2) is 8.42 Å². The van der Waals surface area contributed by atoms with Crippen LogP contribution in [0, 0.1) is 6.92 Å². The molecule has 1 aliphatic rings. The Morgan fingerprint density at radius 1 is 1.22 bits per heavy atom. The lowest BCUT2D eigenvalue weighted by Gasteiger charge is -2.11. The Bertz CT molecular complexity index is 1030. The summed E-state index contributed by atoms with van der Waals surface area (Å²) in [6.07, 6.45) is 0.00755. The van der Waals surface area contributed by atoms with Crippen LogP contribution in [0.25, 0.3) is 0 Å². The van der Waals surface area contributed by atoms with Crippen LogP contribution in [0.3, 0.4) is 0 Å². The highest BCUT2D eigenvalue weighted by molar-refractivity contribution is 7.91.